The molecule has 1 aliphatic rings. The zero-order valence-corrected chi connectivity index (χ0v) is 20.8. The predicted octanol–water partition coefficient (Wildman–Crippen LogP) is 4.49. The summed E-state index contributed by atoms with van der Waals surface area (Å²) in [5.74, 6) is -0.673. The third-order valence-electron chi connectivity index (χ3n) is 6.52. The van der Waals surface area contributed by atoms with E-state index in [0.29, 0.717) is 22.1 Å². The van der Waals surface area contributed by atoms with Gasteiger partial charge >= 0.3 is 7.12 Å². The van der Waals surface area contributed by atoms with Gasteiger partial charge in [0.1, 0.15) is 11.4 Å². The zero-order valence-electron chi connectivity index (χ0n) is 19.9. The van der Waals surface area contributed by atoms with Gasteiger partial charge in [-0.3, -0.25) is 4.79 Å². The molecular formula is C24H28BFN2O4S. The summed E-state index contributed by atoms with van der Waals surface area (Å²) in [6.45, 7) is 9.70. The van der Waals surface area contributed by atoms with Crippen LogP contribution in [0.3, 0.4) is 0 Å². The highest BCUT2D eigenvalue weighted by molar-refractivity contribution is 7.81. The molecule has 2 aromatic carbocycles. The number of halogens is 1. The number of rotatable bonds is 4. The lowest BCUT2D eigenvalue weighted by Gasteiger charge is -2.32. The van der Waals surface area contributed by atoms with Crippen LogP contribution in [0.15, 0.2) is 34.7 Å². The third kappa shape index (κ3) is 3.92. The van der Waals surface area contributed by atoms with E-state index in [1.807, 2.05) is 33.8 Å². The molecule has 33 heavy (non-hydrogen) atoms. The Morgan fingerprint density at radius 1 is 1.12 bits per heavy atom. The molecule has 1 amide bonds. The van der Waals surface area contributed by atoms with E-state index < -0.39 is 24.1 Å². The normalized spacial score (nSPS) is 16.9. The Kier molecular flexibility index (Phi) is 5.79. The number of aryl methyl sites for hydroxylation is 1. The summed E-state index contributed by atoms with van der Waals surface area (Å²) in [5.41, 5.74) is 1.97. The second kappa shape index (κ2) is 8.08. The van der Waals surface area contributed by atoms with Crippen molar-refractivity contribution in [3.8, 4) is 11.3 Å². The summed E-state index contributed by atoms with van der Waals surface area (Å²) < 4.78 is 35.1. The monoisotopic (exact) mass is 470 g/mol. The number of hydrogen-bond acceptors (Lipinski definition) is 6. The standard InChI is InChI=1S/C24H28BFN2O4S/c1-13-8-9-14(17(26)10-13)21-20(22(29)27-6)15-11-16(18(28(7)33)12-19(15)30-21)25-31-23(2,3)24(4,5)32-25/h8-12,33H,1-7H3,(H,27,29). The van der Waals surface area contributed by atoms with Gasteiger partial charge in [0.2, 0.25) is 0 Å². The van der Waals surface area contributed by atoms with Gasteiger partial charge in [0.25, 0.3) is 5.91 Å². The maximum Gasteiger partial charge on any atom is 0.497 e. The van der Waals surface area contributed by atoms with Crippen molar-refractivity contribution in [1.29, 1.82) is 0 Å². The molecule has 1 aliphatic heterocycles. The van der Waals surface area contributed by atoms with Gasteiger partial charge in [-0.05, 0) is 58.4 Å². The minimum absolute atomic E-state index is 0.167. The number of furan rings is 1. The summed E-state index contributed by atoms with van der Waals surface area (Å²) in [6.07, 6.45) is 0. The minimum Gasteiger partial charge on any atom is -0.455 e. The number of fused-ring (bicyclic) bond motifs is 1. The molecule has 0 bridgehead atoms. The topological polar surface area (TPSA) is 63.9 Å². The van der Waals surface area contributed by atoms with E-state index in [4.69, 9.17) is 13.7 Å². The molecule has 0 saturated carbocycles. The van der Waals surface area contributed by atoms with Crippen LogP contribution in [0.25, 0.3) is 22.3 Å². The molecule has 0 atom stereocenters. The molecule has 1 fully saturated rings. The van der Waals surface area contributed by atoms with Gasteiger partial charge in [-0.25, -0.2) is 4.39 Å². The first kappa shape index (κ1) is 23.7. The SMILES string of the molecule is CNC(=O)c1c(-c2ccc(C)cc2F)oc2cc(N(C)S)c(B3OC(C)(C)C(C)(C)O3)cc12. The zero-order chi connectivity index (χ0) is 24.3. The van der Waals surface area contributed by atoms with Gasteiger partial charge in [-0.2, -0.15) is 0 Å². The van der Waals surface area contributed by atoms with Gasteiger partial charge in [-0.1, -0.05) is 18.9 Å². The van der Waals surface area contributed by atoms with Gasteiger partial charge in [0.05, 0.1) is 22.3 Å². The lowest BCUT2D eigenvalue weighted by molar-refractivity contribution is 0.00578. The Balaban J connectivity index is 1.98. The van der Waals surface area contributed by atoms with E-state index in [0.717, 1.165) is 5.56 Å². The van der Waals surface area contributed by atoms with E-state index in [1.54, 1.807) is 36.5 Å². The second-order valence-corrected chi connectivity index (χ2v) is 9.99. The Bertz CT molecular complexity index is 1240. The fourth-order valence-corrected chi connectivity index (χ4v) is 4.11. The number of carbonyl (C=O) groups excluding carboxylic acids is 1. The van der Waals surface area contributed by atoms with Gasteiger partial charge in [0.15, 0.2) is 5.76 Å². The number of amides is 1. The average molecular weight is 470 g/mol. The minimum atomic E-state index is -0.684. The first-order valence-corrected chi connectivity index (χ1v) is 11.1. The molecular weight excluding hydrogens is 442 g/mol. The van der Waals surface area contributed by atoms with Gasteiger partial charge in [0, 0.05) is 36.7 Å². The molecule has 6 nitrogen and oxygen atoms in total. The van der Waals surface area contributed by atoms with Crippen LogP contribution < -0.4 is 15.1 Å². The number of nitrogens with zero attached hydrogens (tertiary/aromatic N) is 1. The predicted molar refractivity (Wildman–Crippen MR) is 133 cm³/mol. The van der Waals surface area contributed by atoms with Crippen LogP contribution in [-0.2, 0) is 9.31 Å². The fourth-order valence-electron chi connectivity index (χ4n) is 3.93. The molecule has 1 saturated heterocycles. The van der Waals surface area contributed by atoms with Crippen LogP contribution in [-0.4, -0.2) is 38.3 Å². The number of nitrogens with one attached hydrogen (secondary N) is 1. The second-order valence-electron chi connectivity index (χ2n) is 9.39. The van der Waals surface area contributed by atoms with Crippen molar-refractivity contribution in [2.75, 3.05) is 18.4 Å². The molecule has 1 aromatic heterocycles. The van der Waals surface area contributed by atoms with E-state index in [9.17, 15) is 9.18 Å². The summed E-state index contributed by atoms with van der Waals surface area (Å²) in [4.78, 5) is 12.9. The summed E-state index contributed by atoms with van der Waals surface area (Å²) in [6, 6.07) is 8.39. The van der Waals surface area contributed by atoms with Crippen LogP contribution in [0.1, 0.15) is 43.6 Å². The molecule has 2 heterocycles. The van der Waals surface area contributed by atoms with Crippen LogP contribution in [0.2, 0.25) is 0 Å². The Morgan fingerprint density at radius 3 is 2.30 bits per heavy atom. The summed E-state index contributed by atoms with van der Waals surface area (Å²) in [5, 5.41) is 3.18. The van der Waals surface area contributed by atoms with Crippen molar-refractivity contribution in [2.24, 2.45) is 0 Å². The molecule has 1 N–H and O–H groups in total. The van der Waals surface area contributed by atoms with Crippen LogP contribution in [0.4, 0.5) is 10.1 Å². The van der Waals surface area contributed by atoms with Gasteiger partial charge < -0.3 is 23.3 Å². The van der Waals surface area contributed by atoms with Crippen LogP contribution in [0, 0.1) is 12.7 Å². The first-order valence-electron chi connectivity index (χ1n) is 10.7. The molecule has 0 radical (unpaired) electrons. The molecule has 0 spiro atoms. The number of thiol groups is 1. The molecule has 3 aromatic rings. The number of benzene rings is 2. The van der Waals surface area contributed by atoms with Crippen molar-refractivity contribution in [1.82, 2.24) is 5.32 Å². The quantitative estimate of drug-likeness (QED) is 0.435. The number of anilines is 1. The van der Waals surface area contributed by atoms with Crippen molar-refractivity contribution < 1.29 is 22.9 Å². The van der Waals surface area contributed by atoms with E-state index in [1.165, 1.54) is 13.1 Å². The first-order chi connectivity index (χ1) is 15.4. The Labute approximate surface area is 199 Å². The number of carbonyl (C=O) groups is 1. The van der Waals surface area contributed by atoms with Crippen molar-refractivity contribution >= 4 is 48.0 Å². The Morgan fingerprint density at radius 2 is 1.76 bits per heavy atom. The molecule has 0 aliphatic carbocycles. The lowest BCUT2D eigenvalue weighted by Crippen LogP contribution is -2.41. The summed E-state index contributed by atoms with van der Waals surface area (Å²) in [7, 11) is 2.62. The smallest absolute Gasteiger partial charge is 0.455 e. The highest BCUT2D eigenvalue weighted by atomic mass is 32.1. The summed E-state index contributed by atoms with van der Waals surface area (Å²) >= 11 is 4.49. The highest BCUT2D eigenvalue weighted by Gasteiger charge is 2.52. The van der Waals surface area contributed by atoms with Crippen molar-refractivity contribution in [3.63, 3.8) is 0 Å². The lowest BCUT2D eigenvalue weighted by atomic mass is 9.77. The van der Waals surface area contributed by atoms with Crippen LogP contribution in [0.5, 0.6) is 0 Å². The maximum atomic E-state index is 14.9. The average Bonchev–Trinajstić information content (AvgIpc) is 3.19. The van der Waals surface area contributed by atoms with Crippen molar-refractivity contribution in [3.05, 3.63) is 47.3 Å². The van der Waals surface area contributed by atoms with E-state index in [2.05, 4.69) is 18.1 Å². The maximum absolute atomic E-state index is 14.9. The van der Waals surface area contributed by atoms with Crippen molar-refractivity contribution in [2.45, 2.75) is 45.8 Å². The van der Waals surface area contributed by atoms with Gasteiger partial charge in [-0.15, -0.1) is 0 Å². The van der Waals surface area contributed by atoms with Crippen LogP contribution >= 0.6 is 12.8 Å². The molecule has 0 unspecified atom stereocenters. The Hall–Kier alpha value is -2.49. The highest BCUT2D eigenvalue weighted by Crippen LogP contribution is 2.40. The van der Waals surface area contributed by atoms with E-state index in [-0.39, 0.29) is 22.8 Å². The van der Waals surface area contributed by atoms with E-state index >= 15 is 0 Å². The largest absolute Gasteiger partial charge is 0.497 e. The number of hydrogen-bond donors (Lipinski definition) is 2. The fraction of sp³-hybridized carbons (Fsp3) is 0.375. The molecule has 4 rings (SSSR count). The third-order valence-corrected chi connectivity index (χ3v) is 6.73. The molecule has 174 valence electrons. The molecule has 9 heteroatoms.